The van der Waals surface area contributed by atoms with Crippen molar-refractivity contribution in [3.05, 3.63) is 0 Å². The second-order valence-electron chi connectivity index (χ2n) is 23.4. The van der Waals surface area contributed by atoms with E-state index < -0.39 is 143 Å². The topological polar surface area (TPSA) is 315 Å². The van der Waals surface area contributed by atoms with Gasteiger partial charge in [-0.2, -0.15) is 0 Å². The first-order valence-electron chi connectivity index (χ1n) is 26.1. The van der Waals surface area contributed by atoms with Crippen LogP contribution in [0.15, 0.2) is 0 Å². The zero-order valence-electron chi connectivity index (χ0n) is 40.7. The monoisotopic (exact) mass is 1000 g/mol. The molecule has 10 fully saturated rings. The Hall–Kier alpha value is -0.840. The molecule has 0 unspecified atom stereocenters. The van der Waals surface area contributed by atoms with E-state index in [2.05, 4.69) is 27.7 Å². The average Bonchev–Trinajstić information content (AvgIpc) is 3.79. The van der Waals surface area contributed by atoms with Gasteiger partial charge in [-0.15, -0.1) is 0 Å². The van der Waals surface area contributed by atoms with E-state index in [0.717, 1.165) is 51.6 Å². The Morgan fingerprint density at radius 3 is 1.79 bits per heavy atom. The normalized spacial score (nSPS) is 58.1. The fourth-order valence-electron chi connectivity index (χ4n) is 15.6. The van der Waals surface area contributed by atoms with E-state index >= 15 is 0 Å². The zero-order valence-corrected chi connectivity index (χ0v) is 40.7. The van der Waals surface area contributed by atoms with Gasteiger partial charge >= 0.3 is 0 Å². The standard InChI is InChI=1S/C49H80O21/c1-20-7-12-49(63-17-20)21(2)32-29(70-49)14-26-24-6-5-22-13-23(8-10-47(22,3)25(24)9-11-48(26,32)4)64-45-39(60)36(57)40(31(16-51)66-45)67-46-42(69-44-38(59)34(55)28(53)19-62-44)41(35(56)30(15-50)65-46)68-43-37(58)33(54)27(52)18-61-43/h20-46,50-60H,5-19H2,1-4H3/t20-,21-,22-,23-,24+,25-,26-,27+,28+,29-,30+,31+,32-,33-,34-,35+,36+,37+,38+,39+,40-,41-,42+,43-,44-,45+,46-,47-,48-,49+/m0/s1. The first-order valence-corrected chi connectivity index (χ1v) is 26.1. The molecule has 10 rings (SSSR count). The van der Waals surface area contributed by atoms with Crippen LogP contribution >= 0.6 is 0 Å². The van der Waals surface area contributed by atoms with E-state index in [0.29, 0.717) is 47.8 Å². The van der Waals surface area contributed by atoms with Crippen molar-refractivity contribution in [3.8, 4) is 0 Å². The molecular weight excluding hydrogens is 925 g/mol. The molecule has 6 saturated heterocycles. The second-order valence-corrected chi connectivity index (χ2v) is 23.4. The summed E-state index contributed by atoms with van der Waals surface area (Å²) in [5.74, 6) is 3.15. The lowest BCUT2D eigenvalue weighted by atomic mass is 9.44. The van der Waals surface area contributed by atoms with Gasteiger partial charge in [0.15, 0.2) is 30.9 Å². The summed E-state index contributed by atoms with van der Waals surface area (Å²) >= 11 is 0. The fraction of sp³-hybridized carbons (Fsp3) is 1.00. The number of hydrogen-bond donors (Lipinski definition) is 11. The minimum atomic E-state index is -1.87. The molecule has 1 spiro atoms. The summed E-state index contributed by atoms with van der Waals surface area (Å²) in [6, 6.07) is 0. The maximum atomic E-state index is 11.8. The highest BCUT2D eigenvalue weighted by atomic mass is 16.8. The maximum Gasteiger partial charge on any atom is 0.187 e. The molecule has 6 aliphatic heterocycles. The molecule has 6 heterocycles. The molecule has 21 heteroatoms. The summed E-state index contributed by atoms with van der Waals surface area (Å²) in [5.41, 5.74) is 0.317. The third-order valence-electron chi connectivity index (χ3n) is 19.6. The molecular formula is C49H80O21. The number of fused-ring (bicyclic) bond motifs is 7. The number of aliphatic hydroxyl groups is 11. The van der Waals surface area contributed by atoms with Crippen LogP contribution in [0.3, 0.4) is 0 Å². The zero-order chi connectivity index (χ0) is 49.8. The van der Waals surface area contributed by atoms with E-state index in [1.807, 2.05) is 0 Å². The average molecular weight is 1010 g/mol. The number of hydrogen-bond acceptors (Lipinski definition) is 21. The number of rotatable bonds is 10. The minimum Gasteiger partial charge on any atom is -0.394 e. The van der Waals surface area contributed by atoms with Crippen LogP contribution in [0.25, 0.3) is 0 Å². The van der Waals surface area contributed by atoms with Gasteiger partial charge in [-0.1, -0.05) is 27.7 Å². The molecule has 0 aromatic heterocycles. The van der Waals surface area contributed by atoms with Crippen molar-refractivity contribution in [2.24, 2.45) is 52.3 Å². The van der Waals surface area contributed by atoms with Gasteiger partial charge in [-0.3, -0.25) is 0 Å². The van der Waals surface area contributed by atoms with Crippen molar-refractivity contribution < 1.29 is 104 Å². The first kappa shape index (κ1) is 52.6. The molecule has 21 nitrogen and oxygen atoms in total. The van der Waals surface area contributed by atoms with E-state index in [1.165, 1.54) is 12.8 Å². The summed E-state index contributed by atoms with van der Waals surface area (Å²) in [6.07, 6.45) is -19.8. The lowest BCUT2D eigenvalue weighted by Crippen LogP contribution is -2.68. The fourth-order valence-corrected chi connectivity index (χ4v) is 15.6. The molecule has 0 aromatic carbocycles. The predicted molar refractivity (Wildman–Crippen MR) is 236 cm³/mol. The van der Waals surface area contributed by atoms with Gasteiger partial charge in [-0.25, -0.2) is 0 Å². The molecule has 10 aliphatic rings. The Labute approximate surface area is 408 Å². The van der Waals surface area contributed by atoms with Crippen molar-refractivity contribution in [2.75, 3.05) is 33.0 Å². The van der Waals surface area contributed by atoms with Crippen molar-refractivity contribution in [2.45, 2.75) is 221 Å². The predicted octanol–water partition coefficient (Wildman–Crippen LogP) is -1.63. The van der Waals surface area contributed by atoms with E-state index in [9.17, 15) is 56.2 Å². The Kier molecular flexibility index (Phi) is 15.2. The number of ether oxygens (including phenoxy) is 10. The van der Waals surface area contributed by atoms with Crippen molar-refractivity contribution in [3.63, 3.8) is 0 Å². The summed E-state index contributed by atoms with van der Waals surface area (Å²) in [5, 5.41) is 118. The third kappa shape index (κ3) is 8.96. The van der Waals surface area contributed by atoms with Gasteiger partial charge in [0.1, 0.15) is 85.5 Å². The molecule has 0 amide bonds. The maximum absolute atomic E-state index is 11.8. The summed E-state index contributed by atoms with van der Waals surface area (Å²) in [6.45, 7) is 7.88. The highest BCUT2D eigenvalue weighted by molar-refractivity contribution is 5.15. The van der Waals surface area contributed by atoms with Crippen molar-refractivity contribution >= 4 is 0 Å². The van der Waals surface area contributed by atoms with Crippen LogP contribution in [-0.2, 0) is 47.4 Å². The van der Waals surface area contributed by atoms with Gasteiger partial charge in [0, 0.05) is 12.3 Å². The Morgan fingerprint density at radius 2 is 1.14 bits per heavy atom. The van der Waals surface area contributed by atoms with Crippen LogP contribution in [0.4, 0.5) is 0 Å². The lowest BCUT2D eigenvalue weighted by molar-refractivity contribution is -0.400. The molecule has 4 saturated carbocycles. The highest BCUT2D eigenvalue weighted by Crippen LogP contribution is 2.71. The summed E-state index contributed by atoms with van der Waals surface area (Å²) in [4.78, 5) is 0. The molecule has 4 aliphatic carbocycles. The van der Waals surface area contributed by atoms with Gasteiger partial charge in [0.25, 0.3) is 0 Å². The van der Waals surface area contributed by atoms with E-state index in [4.69, 9.17) is 47.4 Å². The molecule has 70 heavy (non-hydrogen) atoms. The largest absolute Gasteiger partial charge is 0.394 e. The Balaban J connectivity index is 0.804. The Bertz CT molecular complexity index is 1770. The minimum absolute atomic E-state index is 0.106. The van der Waals surface area contributed by atoms with Crippen LogP contribution in [0, 0.1) is 52.3 Å². The molecule has 0 radical (unpaired) electrons. The van der Waals surface area contributed by atoms with Gasteiger partial charge in [0.2, 0.25) is 0 Å². The van der Waals surface area contributed by atoms with Gasteiger partial charge in [0.05, 0.1) is 45.2 Å². The molecule has 0 bridgehead atoms. The molecule has 30 atom stereocenters. The van der Waals surface area contributed by atoms with E-state index in [1.54, 1.807) is 0 Å². The van der Waals surface area contributed by atoms with Crippen LogP contribution in [0.5, 0.6) is 0 Å². The van der Waals surface area contributed by atoms with E-state index in [-0.39, 0.29) is 23.0 Å². The molecule has 0 aromatic rings. The smallest absolute Gasteiger partial charge is 0.187 e. The Morgan fingerprint density at radius 1 is 0.529 bits per heavy atom. The SMILES string of the molecule is C[C@H]1CC[C@@]2(OC1)O[C@H]1C[C@H]3[C@@H]4CC[C@H]5C[C@@H](O[C@@H]6O[C@H](CO)[C@H](O[C@@H]7O[C@H](CO)[C@@H](O)[C@H](O[C@@H]8OC[C@@H](O)[C@H](O)[C@H]8O)[C@H]7O[C@@H]7OC[C@@H](O)[C@H](O)[C@H]7O)[C@H](O)[C@H]6O)CC[C@]5(C)[C@H]4CC[C@]3(C)[C@H]1[C@@H]2C. The quantitative estimate of drug-likeness (QED) is 0.110. The summed E-state index contributed by atoms with van der Waals surface area (Å²) < 4.78 is 61.3. The second kappa shape index (κ2) is 20.3. The molecule has 402 valence electrons. The third-order valence-corrected chi connectivity index (χ3v) is 19.6. The van der Waals surface area contributed by atoms with Gasteiger partial charge < -0.3 is 104 Å². The summed E-state index contributed by atoms with van der Waals surface area (Å²) in [7, 11) is 0. The first-order chi connectivity index (χ1) is 33.3. The van der Waals surface area contributed by atoms with Crippen LogP contribution in [-0.4, -0.2) is 218 Å². The highest BCUT2D eigenvalue weighted by Gasteiger charge is 2.69. The lowest BCUT2D eigenvalue weighted by Gasteiger charge is -2.61. The van der Waals surface area contributed by atoms with Crippen LogP contribution < -0.4 is 0 Å². The molecule has 11 N–H and O–H groups in total. The van der Waals surface area contributed by atoms with Gasteiger partial charge in [-0.05, 0) is 104 Å². The number of aliphatic hydroxyl groups excluding tert-OH is 11. The van der Waals surface area contributed by atoms with Crippen LogP contribution in [0.2, 0.25) is 0 Å². The van der Waals surface area contributed by atoms with Crippen molar-refractivity contribution in [1.82, 2.24) is 0 Å². The van der Waals surface area contributed by atoms with Crippen LogP contribution in [0.1, 0.15) is 91.9 Å². The van der Waals surface area contributed by atoms with Crippen molar-refractivity contribution in [1.29, 1.82) is 0 Å².